The zero-order chi connectivity index (χ0) is 12.7. The summed E-state index contributed by atoms with van der Waals surface area (Å²) >= 11 is 0. The van der Waals surface area contributed by atoms with Gasteiger partial charge in [0, 0.05) is 25.8 Å². The van der Waals surface area contributed by atoms with Crippen molar-refractivity contribution >= 4 is 0 Å². The highest BCUT2D eigenvalue weighted by Crippen LogP contribution is 2.22. The molecule has 4 nitrogen and oxygen atoms in total. The van der Waals surface area contributed by atoms with E-state index < -0.39 is 0 Å². The van der Waals surface area contributed by atoms with E-state index in [9.17, 15) is 5.11 Å². The van der Waals surface area contributed by atoms with Crippen LogP contribution in [0.5, 0.6) is 0 Å². The highest BCUT2D eigenvalue weighted by Gasteiger charge is 2.28. The van der Waals surface area contributed by atoms with Gasteiger partial charge in [-0.1, -0.05) is 12.8 Å². The minimum atomic E-state index is -0.197. The summed E-state index contributed by atoms with van der Waals surface area (Å²) in [4.78, 5) is 2.18. The van der Waals surface area contributed by atoms with Crippen LogP contribution in [0.25, 0.3) is 0 Å². The Morgan fingerprint density at radius 2 is 1.76 bits per heavy atom. The Morgan fingerprint density at radius 3 is 2.29 bits per heavy atom. The van der Waals surface area contributed by atoms with Crippen LogP contribution in [0, 0.1) is 0 Å². The molecule has 0 spiro atoms. The molecule has 0 radical (unpaired) electrons. The molecule has 1 aliphatic rings. The van der Waals surface area contributed by atoms with Crippen molar-refractivity contribution in [3.63, 3.8) is 0 Å². The number of hydrogen-bond donors (Lipinski definition) is 1. The smallest absolute Gasteiger partial charge is 0.170 e. The Morgan fingerprint density at radius 1 is 1.18 bits per heavy atom. The summed E-state index contributed by atoms with van der Waals surface area (Å²) in [6, 6.07) is 0.257. The first-order valence-electron chi connectivity index (χ1n) is 6.80. The summed E-state index contributed by atoms with van der Waals surface area (Å²) < 4.78 is 11.1. The van der Waals surface area contributed by atoms with Gasteiger partial charge in [0.25, 0.3) is 0 Å². The van der Waals surface area contributed by atoms with Gasteiger partial charge in [-0.25, -0.2) is 0 Å². The second kappa shape index (κ2) is 8.03. The van der Waals surface area contributed by atoms with E-state index in [1.54, 1.807) is 0 Å². The van der Waals surface area contributed by atoms with Crippen LogP contribution in [0.4, 0.5) is 0 Å². The van der Waals surface area contributed by atoms with E-state index in [4.69, 9.17) is 9.47 Å². The lowest BCUT2D eigenvalue weighted by atomic mass is 9.91. The van der Waals surface area contributed by atoms with Crippen molar-refractivity contribution in [2.24, 2.45) is 0 Å². The van der Waals surface area contributed by atoms with Gasteiger partial charge in [0.1, 0.15) is 0 Å². The highest BCUT2D eigenvalue weighted by atomic mass is 16.7. The molecule has 2 atom stereocenters. The number of rotatable bonds is 7. The van der Waals surface area contributed by atoms with Gasteiger partial charge in [-0.05, 0) is 33.7 Å². The lowest BCUT2D eigenvalue weighted by Gasteiger charge is -2.36. The average molecular weight is 245 g/mol. The third-order valence-corrected chi connectivity index (χ3v) is 3.40. The van der Waals surface area contributed by atoms with Gasteiger partial charge in [-0.3, -0.25) is 4.90 Å². The molecule has 0 aromatic rings. The molecule has 0 heterocycles. The fourth-order valence-electron chi connectivity index (χ4n) is 2.50. The predicted molar refractivity (Wildman–Crippen MR) is 67.9 cm³/mol. The molecule has 4 heteroatoms. The van der Waals surface area contributed by atoms with Crippen molar-refractivity contribution < 1.29 is 14.6 Å². The van der Waals surface area contributed by atoms with E-state index in [0.717, 1.165) is 25.8 Å². The molecule has 17 heavy (non-hydrogen) atoms. The molecule has 0 aromatic carbocycles. The van der Waals surface area contributed by atoms with Crippen molar-refractivity contribution in [2.75, 3.05) is 26.8 Å². The third kappa shape index (κ3) is 4.92. The minimum Gasteiger partial charge on any atom is -0.391 e. The molecule has 1 saturated carbocycles. The largest absolute Gasteiger partial charge is 0.391 e. The molecule has 0 bridgehead atoms. The maximum Gasteiger partial charge on any atom is 0.170 e. The van der Waals surface area contributed by atoms with Crippen LogP contribution in [0.15, 0.2) is 0 Å². The van der Waals surface area contributed by atoms with Crippen molar-refractivity contribution in [3.8, 4) is 0 Å². The topological polar surface area (TPSA) is 41.9 Å². The van der Waals surface area contributed by atoms with Gasteiger partial charge in [0.15, 0.2) is 6.29 Å². The molecule has 1 N–H and O–H groups in total. The van der Waals surface area contributed by atoms with Crippen molar-refractivity contribution in [2.45, 2.75) is 58.0 Å². The molecule has 0 amide bonds. The number of aliphatic hydroxyl groups is 1. The van der Waals surface area contributed by atoms with Crippen LogP contribution < -0.4 is 0 Å². The van der Waals surface area contributed by atoms with E-state index in [-0.39, 0.29) is 18.4 Å². The fraction of sp³-hybridized carbons (Fsp3) is 1.00. The number of ether oxygens (including phenoxy) is 2. The zero-order valence-corrected chi connectivity index (χ0v) is 11.4. The molecule has 0 aliphatic heterocycles. The van der Waals surface area contributed by atoms with Crippen molar-refractivity contribution in [3.05, 3.63) is 0 Å². The quantitative estimate of drug-likeness (QED) is 0.692. The first-order chi connectivity index (χ1) is 8.19. The molecule has 0 saturated heterocycles. The molecular formula is C13H27NO3. The van der Waals surface area contributed by atoms with E-state index in [1.807, 2.05) is 20.9 Å². The Hall–Kier alpha value is -0.160. The summed E-state index contributed by atoms with van der Waals surface area (Å²) in [5.74, 6) is 0. The maximum absolute atomic E-state index is 9.99. The third-order valence-electron chi connectivity index (χ3n) is 3.40. The Labute approximate surface area is 105 Å². The maximum atomic E-state index is 9.99. The van der Waals surface area contributed by atoms with E-state index in [0.29, 0.717) is 13.2 Å². The Balaban J connectivity index is 2.41. The molecular weight excluding hydrogens is 218 g/mol. The van der Waals surface area contributed by atoms with Gasteiger partial charge in [-0.15, -0.1) is 0 Å². The van der Waals surface area contributed by atoms with Crippen molar-refractivity contribution in [1.82, 2.24) is 4.90 Å². The van der Waals surface area contributed by atoms with Gasteiger partial charge < -0.3 is 14.6 Å². The summed E-state index contributed by atoms with van der Waals surface area (Å²) in [7, 11) is 2.05. The van der Waals surface area contributed by atoms with Crippen LogP contribution in [-0.4, -0.2) is 55.2 Å². The second-order valence-corrected chi connectivity index (χ2v) is 4.70. The van der Waals surface area contributed by atoms with Crippen LogP contribution in [-0.2, 0) is 9.47 Å². The first-order valence-corrected chi connectivity index (χ1v) is 6.80. The Kier molecular flexibility index (Phi) is 7.04. The minimum absolute atomic E-state index is 0.177. The SMILES string of the molecule is CCOC(CN(C)C1CCCCC1O)OCC. The fourth-order valence-corrected chi connectivity index (χ4v) is 2.50. The predicted octanol–water partition coefficient (Wildman–Crippen LogP) is 1.62. The van der Waals surface area contributed by atoms with Crippen LogP contribution in [0.2, 0.25) is 0 Å². The molecule has 1 fully saturated rings. The number of nitrogens with zero attached hydrogens (tertiary/aromatic N) is 1. The molecule has 1 rings (SSSR count). The summed E-state index contributed by atoms with van der Waals surface area (Å²) in [5, 5.41) is 9.99. The van der Waals surface area contributed by atoms with Gasteiger partial charge >= 0.3 is 0 Å². The van der Waals surface area contributed by atoms with Crippen LogP contribution >= 0.6 is 0 Å². The van der Waals surface area contributed by atoms with Crippen molar-refractivity contribution in [1.29, 1.82) is 0 Å². The van der Waals surface area contributed by atoms with E-state index >= 15 is 0 Å². The summed E-state index contributed by atoms with van der Waals surface area (Å²) in [5.41, 5.74) is 0. The van der Waals surface area contributed by atoms with E-state index in [1.165, 1.54) is 6.42 Å². The van der Waals surface area contributed by atoms with Crippen LogP contribution in [0.1, 0.15) is 39.5 Å². The number of likely N-dealkylation sites (N-methyl/N-ethyl adjacent to an activating group) is 1. The average Bonchev–Trinajstić information content (AvgIpc) is 2.30. The summed E-state index contributed by atoms with van der Waals surface area (Å²) in [6.07, 6.45) is 3.97. The summed E-state index contributed by atoms with van der Waals surface area (Å²) in [6.45, 7) is 5.99. The number of hydrogen-bond acceptors (Lipinski definition) is 4. The lowest BCUT2D eigenvalue weighted by Crippen LogP contribution is -2.47. The van der Waals surface area contributed by atoms with Gasteiger partial charge in [0.2, 0.25) is 0 Å². The number of aliphatic hydroxyl groups excluding tert-OH is 1. The standard InChI is InChI=1S/C13H27NO3/c1-4-16-13(17-5-2)10-14(3)11-8-6-7-9-12(11)15/h11-13,15H,4-10H2,1-3H3. The first kappa shape index (κ1) is 14.9. The molecule has 1 aliphatic carbocycles. The van der Waals surface area contributed by atoms with E-state index in [2.05, 4.69) is 4.90 Å². The highest BCUT2D eigenvalue weighted by molar-refractivity contribution is 4.81. The lowest BCUT2D eigenvalue weighted by molar-refractivity contribution is -0.152. The second-order valence-electron chi connectivity index (χ2n) is 4.70. The molecule has 2 unspecified atom stereocenters. The molecule has 102 valence electrons. The monoisotopic (exact) mass is 245 g/mol. The normalized spacial score (nSPS) is 25.8. The Bertz CT molecular complexity index is 195. The zero-order valence-electron chi connectivity index (χ0n) is 11.4. The van der Waals surface area contributed by atoms with Gasteiger partial charge in [0.05, 0.1) is 6.10 Å². The van der Waals surface area contributed by atoms with Crippen LogP contribution in [0.3, 0.4) is 0 Å². The van der Waals surface area contributed by atoms with Gasteiger partial charge in [-0.2, -0.15) is 0 Å². The molecule has 0 aromatic heterocycles.